The van der Waals surface area contributed by atoms with Crippen molar-refractivity contribution in [3.8, 4) is 5.75 Å². The number of hydrogen-bond donors (Lipinski definition) is 2. The van der Waals surface area contributed by atoms with Gasteiger partial charge in [-0.3, -0.25) is 14.4 Å². The number of ether oxygens (including phenoxy) is 3. The Balaban J connectivity index is 2.74. The van der Waals surface area contributed by atoms with Crippen LogP contribution in [0.4, 0.5) is 17.6 Å². The maximum absolute atomic E-state index is 13.8. The van der Waals surface area contributed by atoms with E-state index < -0.39 is 53.4 Å². The van der Waals surface area contributed by atoms with Crippen molar-refractivity contribution < 1.29 is 46.2 Å². The minimum absolute atomic E-state index is 0.00588. The lowest BCUT2D eigenvalue weighted by Crippen LogP contribution is -2.45. The highest BCUT2D eigenvalue weighted by Crippen LogP contribution is 2.27. The van der Waals surface area contributed by atoms with Crippen molar-refractivity contribution in [2.24, 2.45) is 0 Å². The number of esters is 1. The third-order valence-corrected chi connectivity index (χ3v) is 6.66. The van der Waals surface area contributed by atoms with E-state index in [1.807, 2.05) is 13.8 Å². The Labute approximate surface area is 221 Å². The van der Waals surface area contributed by atoms with E-state index in [1.165, 1.54) is 23.5 Å². The molecular formula is C23H32F4N2O6S2. The van der Waals surface area contributed by atoms with Crippen LogP contribution in [0.25, 0.3) is 0 Å². The van der Waals surface area contributed by atoms with Crippen LogP contribution < -0.4 is 15.4 Å². The van der Waals surface area contributed by atoms with Crippen molar-refractivity contribution in [3.05, 3.63) is 29.3 Å². The van der Waals surface area contributed by atoms with Crippen LogP contribution in [0.3, 0.4) is 0 Å². The summed E-state index contributed by atoms with van der Waals surface area (Å²) in [4.78, 5) is 36.7. The summed E-state index contributed by atoms with van der Waals surface area (Å²) in [5, 5.41) is 5.32. The Kier molecular flexibility index (Phi) is 15.6. The molecule has 0 heterocycles. The Bertz CT molecular complexity index is 886. The topological polar surface area (TPSA) is 103 Å². The Morgan fingerprint density at radius 2 is 1.41 bits per heavy atom. The molecule has 2 amide bonds. The zero-order chi connectivity index (χ0) is 28.0. The quantitative estimate of drug-likeness (QED) is 0.0957. The second-order valence-electron chi connectivity index (χ2n) is 7.55. The van der Waals surface area contributed by atoms with Crippen LogP contribution in [0.15, 0.2) is 6.07 Å². The average Bonchev–Trinajstić information content (AvgIpc) is 2.84. The van der Waals surface area contributed by atoms with Gasteiger partial charge in [-0.15, -0.1) is 23.5 Å². The number of rotatable bonds is 17. The smallest absolute Gasteiger partial charge is 0.311 e. The van der Waals surface area contributed by atoms with Crippen LogP contribution in [0, 0.1) is 23.3 Å². The first-order valence-corrected chi connectivity index (χ1v) is 13.6. The molecule has 0 bridgehead atoms. The molecule has 1 aromatic carbocycles. The van der Waals surface area contributed by atoms with Gasteiger partial charge in [0.25, 0.3) is 0 Å². The molecule has 37 heavy (non-hydrogen) atoms. The van der Waals surface area contributed by atoms with E-state index in [0.29, 0.717) is 13.2 Å². The molecule has 0 aromatic heterocycles. The molecule has 0 aliphatic carbocycles. The van der Waals surface area contributed by atoms with Gasteiger partial charge in [0, 0.05) is 38.3 Å². The molecule has 2 N–H and O–H groups in total. The van der Waals surface area contributed by atoms with Gasteiger partial charge in [0.15, 0.2) is 11.6 Å². The number of carbonyl (C=O) groups excluding carboxylic acids is 3. The fourth-order valence-electron chi connectivity index (χ4n) is 2.83. The molecule has 0 saturated heterocycles. The monoisotopic (exact) mass is 572 g/mol. The molecule has 0 aliphatic heterocycles. The van der Waals surface area contributed by atoms with Gasteiger partial charge in [0.1, 0.15) is 10.9 Å². The Morgan fingerprint density at radius 1 is 0.892 bits per heavy atom. The number of benzene rings is 1. The van der Waals surface area contributed by atoms with E-state index in [2.05, 4.69) is 15.4 Å². The molecule has 1 aromatic rings. The first-order chi connectivity index (χ1) is 17.5. The normalized spacial score (nSPS) is 13.5. The molecule has 0 fully saturated rings. The molecule has 3 atom stereocenters. The molecule has 8 nitrogen and oxygen atoms in total. The van der Waals surface area contributed by atoms with Crippen molar-refractivity contribution in [2.45, 2.75) is 57.5 Å². The second kappa shape index (κ2) is 17.5. The lowest BCUT2D eigenvalue weighted by Gasteiger charge is -2.20. The molecule has 0 unspecified atom stereocenters. The van der Waals surface area contributed by atoms with Crippen molar-refractivity contribution >= 4 is 41.3 Å². The summed E-state index contributed by atoms with van der Waals surface area (Å²) in [5.74, 6) is -10.4. The summed E-state index contributed by atoms with van der Waals surface area (Å²) in [6.45, 7) is 8.15. The van der Waals surface area contributed by atoms with Gasteiger partial charge in [-0.2, -0.15) is 8.78 Å². The van der Waals surface area contributed by atoms with Crippen LogP contribution >= 0.6 is 23.5 Å². The largest absolute Gasteiger partial charge is 0.420 e. The summed E-state index contributed by atoms with van der Waals surface area (Å²) in [7, 11) is 0. The van der Waals surface area contributed by atoms with Crippen molar-refractivity contribution in [1.29, 1.82) is 0 Å². The predicted molar refractivity (Wildman–Crippen MR) is 133 cm³/mol. The van der Waals surface area contributed by atoms with Gasteiger partial charge in [0.2, 0.25) is 29.2 Å². The van der Waals surface area contributed by atoms with E-state index in [1.54, 1.807) is 13.8 Å². The van der Waals surface area contributed by atoms with Gasteiger partial charge in [-0.25, -0.2) is 8.78 Å². The van der Waals surface area contributed by atoms with Gasteiger partial charge in [-0.05, 0) is 34.1 Å². The summed E-state index contributed by atoms with van der Waals surface area (Å²) in [5.41, 5.74) is -0.427. The van der Waals surface area contributed by atoms with Gasteiger partial charge < -0.3 is 24.8 Å². The minimum atomic E-state index is -1.84. The molecule has 0 spiro atoms. The van der Waals surface area contributed by atoms with Crippen molar-refractivity contribution in [3.63, 3.8) is 0 Å². The van der Waals surface area contributed by atoms with Crippen LogP contribution in [0.2, 0.25) is 0 Å². The number of amides is 2. The minimum Gasteiger partial charge on any atom is -0.420 e. The number of nitrogens with one attached hydrogen (secondary N) is 2. The summed E-state index contributed by atoms with van der Waals surface area (Å²) in [6, 6.07) is -0.756. The fourth-order valence-corrected chi connectivity index (χ4v) is 4.25. The lowest BCUT2D eigenvalue weighted by molar-refractivity contribution is -0.135. The standard InChI is InChI=1S/C23H32F4N2O6S2/c1-5-33-13(3)36-11-18(30)28-10-15(29-19(31)12-37-14(4)34-6-2)7-8-20(32)35-23-21(26)16(24)9-17(25)22(23)27/h9,13-15H,5-8,10-12H2,1-4H3,(H,28,30)(H,29,31)/t13-,14+,15-/m0/s1. The van der Waals surface area contributed by atoms with Crippen molar-refractivity contribution in [1.82, 2.24) is 10.6 Å². The zero-order valence-electron chi connectivity index (χ0n) is 21.0. The zero-order valence-corrected chi connectivity index (χ0v) is 22.7. The lowest BCUT2D eigenvalue weighted by atomic mass is 10.1. The van der Waals surface area contributed by atoms with E-state index in [-0.39, 0.29) is 47.3 Å². The maximum atomic E-state index is 13.8. The maximum Gasteiger partial charge on any atom is 0.311 e. The summed E-state index contributed by atoms with van der Waals surface area (Å²) >= 11 is 2.51. The fraction of sp³-hybridized carbons (Fsp3) is 0.609. The SMILES string of the molecule is CCO[C@@H](C)SCC(=O)N[C@@H](CCC(=O)Oc1c(F)c(F)cc(F)c1F)CNC(=O)CS[C@@H](C)OCC. The van der Waals surface area contributed by atoms with Gasteiger partial charge in [-0.1, -0.05) is 0 Å². The Hall–Kier alpha value is -2.03. The van der Waals surface area contributed by atoms with E-state index in [9.17, 15) is 31.9 Å². The molecule has 0 saturated carbocycles. The third-order valence-electron chi connectivity index (χ3n) is 4.60. The van der Waals surface area contributed by atoms with Crippen LogP contribution in [-0.4, -0.2) is 66.0 Å². The summed E-state index contributed by atoms with van der Waals surface area (Å²) < 4.78 is 69.5. The first kappa shape index (κ1) is 33.0. The van der Waals surface area contributed by atoms with Crippen molar-refractivity contribution in [2.75, 3.05) is 31.3 Å². The summed E-state index contributed by atoms with van der Waals surface area (Å²) in [6.07, 6.45) is -0.573. The van der Waals surface area contributed by atoms with Gasteiger partial charge in [0.05, 0.1) is 11.5 Å². The van der Waals surface area contributed by atoms with E-state index in [4.69, 9.17) is 9.47 Å². The molecule has 1 rings (SSSR count). The second-order valence-corrected chi connectivity index (χ2v) is 10.1. The van der Waals surface area contributed by atoms with Crippen LogP contribution in [0.5, 0.6) is 5.75 Å². The van der Waals surface area contributed by atoms with Crippen LogP contribution in [0.1, 0.15) is 40.5 Å². The number of thioether (sulfide) groups is 2. The highest BCUT2D eigenvalue weighted by atomic mass is 32.2. The molecule has 0 aliphatic rings. The van der Waals surface area contributed by atoms with Gasteiger partial charge >= 0.3 is 5.97 Å². The molecule has 210 valence electrons. The molecule has 14 heteroatoms. The molecule has 0 radical (unpaired) electrons. The van der Waals surface area contributed by atoms with E-state index in [0.717, 1.165) is 0 Å². The van der Waals surface area contributed by atoms with Crippen LogP contribution in [-0.2, 0) is 23.9 Å². The number of carbonyl (C=O) groups is 3. The first-order valence-electron chi connectivity index (χ1n) is 11.5. The number of halogens is 4. The highest BCUT2D eigenvalue weighted by Gasteiger charge is 2.24. The predicted octanol–water partition coefficient (Wildman–Crippen LogP) is 3.76. The number of hydrogen-bond acceptors (Lipinski definition) is 8. The average molecular weight is 573 g/mol. The highest BCUT2D eigenvalue weighted by molar-refractivity contribution is 8.00. The Morgan fingerprint density at radius 3 is 1.92 bits per heavy atom. The van der Waals surface area contributed by atoms with E-state index >= 15 is 0 Å². The third kappa shape index (κ3) is 12.9. The molecular weight excluding hydrogens is 540 g/mol.